The summed E-state index contributed by atoms with van der Waals surface area (Å²) in [5.74, 6) is 0.207. The molecule has 6 heteroatoms. The van der Waals surface area contributed by atoms with Gasteiger partial charge in [-0.25, -0.2) is 4.79 Å². The Morgan fingerprint density at radius 2 is 2.20 bits per heavy atom. The first-order chi connectivity index (χ1) is 9.63. The zero-order valence-corrected chi connectivity index (χ0v) is 11.9. The van der Waals surface area contributed by atoms with E-state index in [0.717, 1.165) is 19.3 Å². The lowest BCUT2D eigenvalue weighted by Crippen LogP contribution is -2.33. The van der Waals surface area contributed by atoms with E-state index in [4.69, 9.17) is 5.73 Å². The molecule has 4 N–H and O–H groups in total. The number of H-pyrrole nitrogens is 1. The van der Waals surface area contributed by atoms with Crippen LogP contribution in [0.25, 0.3) is 0 Å². The second-order valence-corrected chi connectivity index (χ2v) is 5.05. The van der Waals surface area contributed by atoms with E-state index in [1.807, 2.05) is 6.92 Å². The largest absolute Gasteiger partial charge is 0.383 e. The number of aromatic nitrogens is 2. The van der Waals surface area contributed by atoms with Gasteiger partial charge in [0.05, 0.1) is 0 Å². The monoisotopic (exact) mass is 278 g/mol. The molecule has 0 atom stereocenters. The molecule has 0 saturated heterocycles. The van der Waals surface area contributed by atoms with Gasteiger partial charge in [0, 0.05) is 13.1 Å². The zero-order valence-electron chi connectivity index (χ0n) is 11.9. The van der Waals surface area contributed by atoms with Crippen LogP contribution in [0.2, 0.25) is 0 Å². The van der Waals surface area contributed by atoms with E-state index in [0.29, 0.717) is 18.8 Å². The Morgan fingerprint density at radius 1 is 1.40 bits per heavy atom. The highest BCUT2D eigenvalue weighted by Gasteiger charge is 2.11. The molecule has 0 aliphatic heterocycles. The maximum Gasteiger partial charge on any atom is 0.330 e. The van der Waals surface area contributed by atoms with Crippen molar-refractivity contribution in [2.45, 2.75) is 45.6 Å². The van der Waals surface area contributed by atoms with E-state index < -0.39 is 11.2 Å². The van der Waals surface area contributed by atoms with Crippen molar-refractivity contribution in [3.8, 4) is 0 Å². The summed E-state index contributed by atoms with van der Waals surface area (Å²) < 4.78 is 1.35. The van der Waals surface area contributed by atoms with Crippen molar-refractivity contribution in [2.24, 2.45) is 0 Å². The molecule has 6 nitrogen and oxygen atoms in total. The molecule has 1 heterocycles. The molecule has 0 unspecified atom stereocenters. The van der Waals surface area contributed by atoms with Gasteiger partial charge in [0.25, 0.3) is 5.56 Å². The average molecular weight is 278 g/mol. The minimum Gasteiger partial charge on any atom is -0.383 e. The number of anilines is 2. The van der Waals surface area contributed by atoms with Crippen LogP contribution in [0.3, 0.4) is 0 Å². The molecular weight excluding hydrogens is 256 g/mol. The maximum atomic E-state index is 11.8. The van der Waals surface area contributed by atoms with Crippen LogP contribution in [0, 0.1) is 0 Å². The standard InChI is InChI=1S/C14H22N4O2/c1-2-18-12(15)11(13(19)17-14(18)20)16-9-8-10-6-4-3-5-7-10/h6,16H,2-5,7-9,15H2,1H3,(H,17,19,20). The quantitative estimate of drug-likeness (QED) is 0.710. The van der Waals surface area contributed by atoms with Crippen molar-refractivity contribution in [2.75, 3.05) is 17.6 Å². The summed E-state index contributed by atoms with van der Waals surface area (Å²) in [6.07, 6.45) is 8.00. The van der Waals surface area contributed by atoms with E-state index in [1.54, 1.807) is 0 Å². The fourth-order valence-electron chi connectivity index (χ4n) is 2.55. The normalized spacial score (nSPS) is 14.9. The summed E-state index contributed by atoms with van der Waals surface area (Å²) in [5.41, 5.74) is 6.70. The zero-order chi connectivity index (χ0) is 14.5. The SMILES string of the molecule is CCn1c(N)c(NCCC2=CCCCC2)c(=O)[nH]c1=O. The Labute approximate surface area is 117 Å². The van der Waals surface area contributed by atoms with Gasteiger partial charge in [-0.2, -0.15) is 0 Å². The summed E-state index contributed by atoms with van der Waals surface area (Å²) in [6.45, 7) is 2.90. The van der Waals surface area contributed by atoms with Crippen molar-refractivity contribution >= 4 is 11.5 Å². The summed E-state index contributed by atoms with van der Waals surface area (Å²) in [7, 11) is 0. The van der Waals surface area contributed by atoms with Gasteiger partial charge in [-0.05, 0) is 39.0 Å². The predicted molar refractivity (Wildman–Crippen MR) is 81.1 cm³/mol. The second kappa shape index (κ2) is 6.45. The third-order valence-corrected chi connectivity index (χ3v) is 3.69. The van der Waals surface area contributed by atoms with Crippen LogP contribution >= 0.6 is 0 Å². The molecule has 0 bridgehead atoms. The van der Waals surface area contributed by atoms with Gasteiger partial charge >= 0.3 is 5.69 Å². The molecule has 0 aromatic carbocycles. The Balaban J connectivity index is 2.08. The fraction of sp³-hybridized carbons (Fsp3) is 0.571. The summed E-state index contributed by atoms with van der Waals surface area (Å²) in [6, 6.07) is 0. The number of rotatable bonds is 5. The van der Waals surface area contributed by atoms with Crippen LogP contribution in [-0.4, -0.2) is 16.1 Å². The van der Waals surface area contributed by atoms with Crippen molar-refractivity contribution in [1.82, 2.24) is 9.55 Å². The van der Waals surface area contributed by atoms with Gasteiger partial charge in [0.15, 0.2) is 0 Å². The van der Waals surface area contributed by atoms with E-state index in [9.17, 15) is 9.59 Å². The number of allylic oxidation sites excluding steroid dienone is 1. The van der Waals surface area contributed by atoms with Crippen molar-refractivity contribution in [3.05, 3.63) is 32.5 Å². The summed E-state index contributed by atoms with van der Waals surface area (Å²) in [5, 5.41) is 3.06. The summed E-state index contributed by atoms with van der Waals surface area (Å²) >= 11 is 0. The highest BCUT2D eigenvalue weighted by molar-refractivity contribution is 5.60. The molecule has 20 heavy (non-hydrogen) atoms. The lowest BCUT2D eigenvalue weighted by atomic mass is 9.97. The van der Waals surface area contributed by atoms with Gasteiger partial charge in [0.2, 0.25) is 0 Å². The van der Waals surface area contributed by atoms with Crippen LogP contribution in [0.4, 0.5) is 11.5 Å². The minimum atomic E-state index is -0.462. The Bertz CT molecular complexity index is 613. The first-order valence-electron chi connectivity index (χ1n) is 7.18. The number of hydrogen-bond acceptors (Lipinski definition) is 4. The molecule has 110 valence electrons. The molecule has 0 fully saturated rings. The Kier molecular flexibility index (Phi) is 4.65. The molecule has 0 amide bonds. The topological polar surface area (TPSA) is 92.9 Å². The number of nitrogens with zero attached hydrogens (tertiary/aromatic N) is 1. The highest BCUT2D eigenvalue weighted by atomic mass is 16.2. The van der Waals surface area contributed by atoms with Gasteiger partial charge in [-0.15, -0.1) is 0 Å². The average Bonchev–Trinajstić information content (AvgIpc) is 2.44. The second-order valence-electron chi connectivity index (χ2n) is 5.05. The molecule has 1 aliphatic carbocycles. The van der Waals surface area contributed by atoms with Crippen LogP contribution < -0.4 is 22.3 Å². The molecule has 1 aromatic rings. The molecule has 1 aliphatic rings. The van der Waals surface area contributed by atoms with Crippen LogP contribution in [0.1, 0.15) is 39.0 Å². The lowest BCUT2D eigenvalue weighted by Gasteiger charge is -2.15. The molecule has 0 radical (unpaired) electrons. The third kappa shape index (κ3) is 3.12. The van der Waals surface area contributed by atoms with E-state index in [1.165, 1.54) is 23.0 Å². The smallest absolute Gasteiger partial charge is 0.330 e. The molecule has 2 rings (SSSR count). The number of nitrogen functional groups attached to an aromatic ring is 1. The van der Waals surface area contributed by atoms with Crippen LogP contribution in [-0.2, 0) is 6.54 Å². The molecule has 0 saturated carbocycles. The van der Waals surface area contributed by atoms with E-state index in [-0.39, 0.29) is 5.82 Å². The van der Waals surface area contributed by atoms with Crippen molar-refractivity contribution in [3.63, 3.8) is 0 Å². The predicted octanol–water partition coefficient (Wildman–Crippen LogP) is 1.44. The van der Waals surface area contributed by atoms with Gasteiger partial charge < -0.3 is 11.1 Å². The Morgan fingerprint density at radius 3 is 2.85 bits per heavy atom. The highest BCUT2D eigenvalue weighted by Crippen LogP contribution is 2.20. The fourth-order valence-corrected chi connectivity index (χ4v) is 2.55. The van der Waals surface area contributed by atoms with Gasteiger partial charge in [-0.3, -0.25) is 14.3 Å². The third-order valence-electron chi connectivity index (χ3n) is 3.69. The molecular formula is C14H22N4O2. The number of nitrogens with one attached hydrogen (secondary N) is 2. The molecule has 1 aromatic heterocycles. The van der Waals surface area contributed by atoms with E-state index in [2.05, 4.69) is 16.4 Å². The first-order valence-corrected chi connectivity index (χ1v) is 7.18. The minimum absolute atomic E-state index is 0.207. The van der Waals surface area contributed by atoms with Gasteiger partial charge in [-0.1, -0.05) is 11.6 Å². The van der Waals surface area contributed by atoms with E-state index >= 15 is 0 Å². The first kappa shape index (κ1) is 14.4. The van der Waals surface area contributed by atoms with Crippen molar-refractivity contribution in [1.29, 1.82) is 0 Å². The summed E-state index contributed by atoms with van der Waals surface area (Å²) in [4.78, 5) is 25.6. The van der Waals surface area contributed by atoms with Crippen LogP contribution in [0.15, 0.2) is 21.2 Å². The van der Waals surface area contributed by atoms with Crippen molar-refractivity contribution < 1.29 is 0 Å². The van der Waals surface area contributed by atoms with Crippen LogP contribution in [0.5, 0.6) is 0 Å². The number of aromatic amines is 1. The number of hydrogen-bond donors (Lipinski definition) is 3. The number of nitrogens with two attached hydrogens (primary N) is 1. The molecule has 0 spiro atoms. The maximum absolute atomic E-state index is 11.8. The lowest BCUT2D eigenvalue weighted by molar-refractivity contribution is 0.678. The Hall–Kier alpha value is -1.98. The van der Waals surface area contributed by atoms with Gasteiger partial charge in [0.1, 0.15) is 11.5 Å².